The summed E-state index contributed by atoms with van der Waals surface area (Å²) in [7, 11) is 0.850. The smallest absolute Gasteiger partial charge is 0.169 e. The number of hydrogen-bond donors (Lipinski definition) is 2. The minimum Gasteiger partial charge on any atom is -0.359 e. The van der Waals surface area contributed by atoms with Crippen LogP contribution in [0.25, 0.3) is 10.9 Å². The number of piperidine rings is 1. The molecule has 1 aromatic carbocycles. The fourth-order valence-corrected chi connectivity index (χ4v) is 6.19. The van der Waals surface area contributed by atoms with E-state index in [4.69, 9.17) is 12.2 Å². The van der Waals surface area contributed by atoms with E-state index in [0.29, 0.717) is 18.0 Å². The Kier molecular flexibility index (Phi) is 6.22. The highest BCUT2D eigenvalue weighted by molar-refractivity contribution is 7.80. The molecular formula is C25H36N4SSi. The molecular weight excluding hydrogens is 416 g/mol. The van der Waals surface area contributed by atoms with Crippen LogP contribution >= 0.6 is 12.2 Å². The standard InChI is InChI=1S/C25H36N4SSi/c1-7-29(8-2)25(30)26-17-14-19-18-10-9-11-22-24(18)20(15-23(19)28(3)16-17)21(27-22)12-13-31(4,5)6/h9-11,17,19,23,27H,7-8,14-16H2,1-6H3,(H,26,30)/t17-,19?,23+/m0/s1. The van der Waals surface area contributed by atoms with Gasteiger partial charge in [-0.2, -0.15) is 0 Å². The zero-order valence-corrected chi connectivity index (χ0v) is 21.6. The SMILES string of the molecule is CCN(CC)C(=S)N[C@H]1CC2c3cccc4[nH]c(C#C[Si](C)(C)C)c(c34)C[C@H]2N(C)C1. The Morgan fingerprint density at radius 1 is 1.29 bits per heavy atom. The van der Waals surface area contributed by atoms with E-state index >= 15 is 0 Å². The van der Waals surface area contributed by atoms with Crippen molar-refractivity contribution in [1.82, 2.24) is 20.1 Å². The van der Waals surface area contributed by atoms with Gasteiger partial charge in [-0.1, -0.05) is 37.7 Å². The van der Waals surface area contributed by atoms with Gasteiger partial charge in [-0.15, -0.1) is 5.54 Å². The van der Waals surface area contributed by atoms with Crippen molar-refractivity contribution in [2.24, 2.45) is 0 Å². The maximum Gasteiger partial charge on any atom is 0.169 e. The molecule has 1 aliphatic carbocycles. The lowest BCUT2D eigenvalue weighted by molar-refractivity contribution is 0.133. The van der Waals surface area contributed by atoms with Gasteiger partial charge in [0, 0.05) is 48.5 Å². The molecule has 1 saturated heterocycles. The highest BCUT2D eigenvalue weighted by Crippen LogP contribution is 2.44. The topological polar surface area (TPSA) is 34.3 Å². The summed E-state index contributed by atoms with van der Waals surface area (Å²) in [5.74, 6) is 4.04. The molecule has 2 heterocycles. The van der Waals surface area contributed by atoms with Crippen LogP contribution < -0.4 is 5.32 Å². The highest BCUT2D eigenvalue weighted by Gasteiger charge is 2.40. The summed E-state index contributed by atoms with van der Waals surface area (Å²) in [6, 6.07) is 7.64. The van der Waals surface area contributed by atoms with E-state index in [0.717, 1.165) is 43.3 Å². The van der Waals surface area contributed by atoms with Gasteiger partial charge in [0.25, 0.3) is 0 Å². The van der Waals surface area contributed by atoms with Crippen molar-refractivity contribution in [2.45, 2.75) is 64.3 Å². The van der Waals surface area contributed by atoms with Crippen LogP contribution in [0.5, 0.6) is 0 Å². The second-order valence-electron chi connectivity index (χ2n) is 10.1. The Morgan fingerprint density at radius 3 is 2.71 bits per heavy atom. The van der Waals surface area contributed by atoms with Crippen LogP contribution in [0.4, 0.5) is 0 Å². The summed E-state index contributed by atoms with van der Waals surface area (Å²) in [5, 5.41) is 5.98. The summed E-state index contributed by atoms with van der Waals surface area (Å²) in [5.41, 5.74) is 8.85. The first-order valence-corrected chi connectivity index (χ1v) is 15.5. The predicted molar refractivity (Wildman–Crippen MR) is 138 cm³/mol. The minimum absolute atomic E-state index is 0.376. The fourth-order valence-electron chi connectivity index (χ4n) is 5.27. The lowest BCUT2D eigenvalue weighted by Crippen LogP contribution is -2.56. The molecule has 3 atom stereocenters. The minimum atomic E-state index is -1.42. The van der Waals surface area contributed by atoms with Crippen molar-refractivity contribution in [3.05, 3.63) is 35.0 Å². The van der Waals surface area contributed by atoms with Crippen LogP contribution in [-0.2, 0) is 6.42 Å². The van der Waals surface area contributed by atoms with Gasteiger partial charge >= 0.3 is 0 Å². The molecule has 6 heteroatoms. The number of fused-ring (bicyclic) bond motifs is 2. The number of nitrogens with zero attached hydrogens (tertiary/aromatic N) is 2. The van der Waals surface area contributed by atoms with Crippen molar-refractivity contribution in [1.29, 1.82) is 0 Å². The number of likely N-dealkylation sites (N-methyl/N-ethyl adjacent to an activating group) is 1. The Balaban J connectivity index is 1.67. The summed E-state index contributed by atoms with van der Waals surface area (Å²) in [6.07, 6.45) is 2.19. The molecule has 166 valence electrons. The van der Waals surface area contributed by atoms with Crippen molar-refractivity contribution < 1.29 is 0 Å². The van der Waals surface area contributed by atoms with Gasteiger partial charge in [0.05, 0.1) is 5.69 Å². The summed E-state index contributed by atoms with van der Waals surface area (Å²) >= 11 is 5.71. The molecule has 4 rings (SSSR count). The number of aromatic nitrogens is 1. The van der Waals surface area contributed by atoms with Gasteiger partial charge in [0.2, 0.25) is 0 Å². The maximum absolute atomic E-state index is 5.71. The van der Waals surface area contributed by atoms with Gasteiger partial charge in [0.15, 0.2) is 5.11 Å². The molecule has 2 aliphatic rings. The molecule has 1 aliphatic heterocycles. The summed E-state index contributed by atoms with van der Waals surface area (Å²) in [4.78, 5) is 8.43. The van der Waals surface area contributed by atoms with Crippen LogP contribution in [-0.4, -0.2) is 66.7 Å². The van der Waals surface area contributed by atoms with Gasteiger partial charge in [-0.3, -0.25) is 0 Å². The third kappa shape index (κ3) is 4.41. The Labute approximate surface area is 193 Å². The van der Waals surface area contributed by atoms with E-state index in [1.54, 1.807) is 0 Å². The van der Waals surface area contributed by atoms with E-state index in [1.807, 2.05) is 0 Å². The number of aromatic amines is 1. The monoisotopic (exact) mass is 452 g/mol. The molecule has 0 saturated carbocycles. The van der Waals surface area contributed by atoms with Crippen molar-refractivity contribution in [3.8, 4) is 11.5 Å². The maximum atomic E-state index is 5.71. The molecule has 0 radical (unpaired) electrons. The van der Waals surface area contributed by atoms with Crippen LogP contribution in [0.3, 0.4) is 0 Å². The summed E-state index contributed by atoms with van der Waals surface area (Å²) in [6.45, 7) is 14.2. The quantitative estimate of drug-likeness (QED) is 0.413. The van der Waals surface area contributed by atoms with Crippen LogP contribution in [0.2, 0.25) is 19.6 Å². The number of hydrogen-bond acceptors (Lipinski definition) is 2. The third-order valence-electron chi connectivity index (χ3n) is 6.79. The van der Waals surface area contributed by atoms with E-state index in [9.17, 15) is 0 Å². The average molecular weight is 453 g/mol. The zero-order chi connectivity index (χ0) is 22.3. The lowest BCUT2D eigenvalue weighted by atomic mass is 9.73. The molecule has 1 aromatic heterocycles. The predicted octanol–water partition coefficient (Wildman–Crippen LogP) is 4.33. The Hall–Kier alpha value is -1.81. The molecule has 31 heavy (non-hydrogen) atoms. The molecule has 1 fully saturated rings. The second-order valence-corrected chi connectivity index (χ2v) is 15.3. The number of H-pyrrole nitrogens is 1. The largest absolute Gasteiger partial charge is 0.359 e. The lowest BCUT2D eigenvalue weighted by Gasteiger charge is -2.46. The third-order valence-corrected chi connectivity index (χ3v) is 8.04. The van der Waals surface area contributed by atoms with Crippen LogP contribution in [0, 0.1) is 11.5 Å². The van der Waals surface area contributed by atoms with Gasteiger partial charge in [-0.05, 0) is 63.1 Å². The van der Waals surface area contributed by atoms with Crippen molar-refractivity contribution in [3.63, 3.8) is 0 Å². The van der Waals surface area contributed by atoms with E-state index < -0.39 is 8.07 Å². The molecule has 1 unspecified atom stereocenters. The molecule has 4 nitrogen and oxygen atoms in total. The van der Waals surface area contributed by atoms with E-state index in [2.05, 4.69) is 90.3 Å². The first-order chi connectivity index (χ1) is 14.7. The first-order valence-electron chi connectivity index (χ1n) is 11.6. The van der Waals surface area contributed by atoms with E-state index in [1.165, 1.54) is 22.0 Å². The average Bonchev–Trinajstić information content (AvgIpc) is 3.07. The van der Waals surface area contributed by atoms with E-state index in [-0.39, 0.29) is 0 Å². The fraction of sp³-hybridized carbons (Fsp3) is 0.560. The molecule has 0 spiro atoms. The van der Waals surface area contributed by atoms with Gasteiger partial charge in [0.1, 0.15) is 8.07 Å². The first kappa shape index (κ1) is 22.4. The number of thiocarbonyl (C=S) groups is 1. The highest BCUT2D eigenvalue weighted by atomic mass is 32.1. The second kappa shape index (κ2) is 8.61. The van der Waals surface area contributed by atoms with Crippen LogP contribution in [0.15, 0.2) is 18.2 Å². The molecule has 2 aromatic rings. The molecule has 0 amide bonds. The number of rotatable bonds is 3. The van der Waals surface area contributed by atoms with Gasteiger partial charge < -0.3 is 20.1 Å². The normalized spacial score (nSPS) is 23.1. The Bertz CT molecular complexity index is 1040. The van der Waals surface area contributed by atoms with Gasteiger partial charge in [-0.25, -0.2) is 0 Å². The molecule has 0 bridgehead atoms. The number of likely N-dealkylation sites (tertiary alicyclic amines) is 1. The Morgan fingerprint density at radius 2 is 2.03 bits per heavy atom. The molecule has 2 N–H and O–H groups in total. The van der Waals surface area contributed by atoms with Crippen molar-refractivity contribution >= 4 is 36.3 Å². The number of benzene rings is 1. The van der Waals surface area contributed by atoms with Crippen molar-refractivity contribution in [2.75, 3.05) is 26.7 Å². The summed E-state index contributed by atoms with van der Waals surface area (Å²) < 4.78 is 0. The van der Waals surface area contributed by atoms with Crippen LogP contribution in [0.1, 0.15) is 43.0 Å². The zero-order valence-electron chi connectivity index (χ0n) is 19.8. The number of nitrogens with one attached hydrogen (secondary N) is 2.